The number of aromatic amines is 1. The standard InChI is InChI=1S/C21H18N6O.ClH/c22-10-13-3-4-15(11-23)17(8-13)14-5-6-19-18(9-14)20(27-26-19)25-21(28)16-2-1-7-24-12-16;/h3-6,8-9,16,24H,1-2,7,12H2,(H2,25,26,27,28);1H/t16-;/m1./s1. The number of fused-ring (bicyclic) bond motifs is 1. The van der Waals surface area contributed by atoms with Gasteiger partial charge in [0.05, 0.1) is 34.7 Å². The number of hydrogen-bond donors (Lipinski definition) is 3. The molecule has 8 heteroatoms. The number of rotatable bonds is 3. The molecule has 29 heavy (non-hydrogen) atoms. The molecule has 1 aliphatic rings. The van der Waals surface area contributed by atoms with Crippen molar-refractivity contribution in [2.45, 2.75) is 12.8 Å². The Bertz CT molecular complexity index is 1130. The van der Waals surface area contributed by atoms with E-state index >= 15 is 0 Å². The van der Waals surface area contributed by atoms with Crippen LogP contribution >= 0.6 is 12.4 Å². The molecule has 0 unspecified atom stereocenters. The van der Waals surface area contributed by atoms with Crippen molar-refractivity contribution in [1.29, 1.82) is 10.5 Å². The molecule has 1 aromatic heterocycles. The molecule has 1 fully saturated rings. The fraction of sp³-hybridized carbons (Fsp3) is 0.238. The van der Waals surface area contributed by atoms with Crippen LogP contribution in [0.3, 0.4) is 0 Å². The molecular formula is C21H19ClN6O. The molecule has 1 amide bonds. The zero-order valence-corrected chi connectivity index (χ0v) is 16.3. The molecule has 1 aliphatic heterocycles. The van der Waals surface area contributed by atoms with Crippen LogP contribution in [0.4, 0.5) is 5.82 Å². The number of nitrogens with zero attached hydrogens (tertiary/aromatic N) is 3. The normalized spacial score (nSPS) is 15.7. The summed E-state index contributed by atoms with van der Waals surface area (Å²) in [7, 11) is 0. The van der Waals surface area contributed by atoms with Gasteiger partial charge in [-0.2, -0.15) is 15.6 Å². The lowest BCUT2D eigenvalue weighted by molar-refractivity contribution is -0.120. The summed E-state index contributed by atoms with van der Waals surface area (Å²) in [6, 6.07) is 14.8. The monoisotopic (exact) mass is 406 g/mol. The van der Waals surface area contributed by atoms with Crippen molar-refractivity contribution >= 4 is 35.0 Å². The van der Waals surface area contributed by atoms with E-state index in [-0.39, 0.29) is 24.2 Å². The number of nitrogens with one attached hydrogen (secondary N) is 3. The molecule has 1 saturated heterocycles. The molecule has 0 saturated carbocycles. The second-order valence-electron chi connectivity index (χ2n) is 6.85. The third kappa shape index (κ3) is 4.07. The van der Waals surface area contributed by atoms with Gasteiger partial charge in [0.15, 0.2) is 5.82 Å². The maximum absolute atomic E-state index is 12.6. The maximum atomic E-state index is 12.6. The number of anilines is 1. The SMILES string of the molecule is Cl.N#Cc1ccc(C#N)c(-c2ccc3[nH]nc(NC(=O)[C@@H]4CCCNC4)c3c2)c1. The minimum atomic E-state index is -0.0683. The summed E-state index contributed by atoms with van der Waals surface area (Å²) >= 11 is 0. The van der Waals surface area contributed by atoms with E-state index in [0.717, 1.165) is 35.9 Å². The first-order valence-electron chi connectivity index (χ1n) is 9.14. The Morgan fingerprint density at radius 1 is 1.17 bits per heavy atom. The average molecular weight is 407 g/mol. The van der Waals surface area contributed by atoms with Crippen LogP contribution in [0.25, 0.3) is 22.0 Å². The summed E-state index contributed by atoms with van der Waals surface area (Å²) in [6.45, 7) is 1.62. The minimum Gasteiger partial charge on any atom is -0.316 e. The van der Waals surface area contributed by atoms with Crippen molar-refractivity contribution in [3.05, 3.63) is 47.5 Å². The van der Waals surface area contributed by atoms with Gasteiger partial charge >= 0.3 is 0 Å². The second kappa shape index (κ2) is 8.74. The smallest absolute Gasteiger partial charge is 0.229 e. The molecule has 0 radical (unpaired) electrons. The molecule has 0 spiro atoms. The lowest BCUT2D eigenvalue weighted by Gasteiger charge is -2.21. The van der Waals surface area contributed by atoms with Crippen LogP contribution in [0.15, 0.2) is 36.4 Å². The van der Waals surface area contributed by atoms with Crippen molar-refractivity contribution in [2.75, 3.05) is 18.4 Å². The van der Waals surface area contributed by atoms with Gasteiger partial charge in [-0.25, -0.2) is 0 Å². The number of H-pyrrole nitrogens is 1. The fourth-order valence-corrected chi connectivity index (χ4v) is 3.52. The van der Waals surface area contributed by atoms with E-state index in [0.29, 0.717) is 29.1 Å². The highest BCUT2D eigenvalue weighted by Crippen LogP contribution is 2.30. The number of carbonyl (C=O) groups excluding carboxylic acids is 1. The number of benzene rings is 2. The molecule has 146 valence electrons. The molecule has 3 N–H and O–H groups in total. The van der Waals surface area contributed by atoms with Crippen LogP contribution in [0.5, 0.6) is 0 Å². The summed E-state index contributed by atoms with van der Waals surface area (Å²) in [5, 5.41) is 32.7. The van der Waals surface area contributed by atoms with Gasteiger partial charge in [-0.3, -0.25) is 9.89 Å². The van der Waals surface area contributed by atoms with Gasteiger partial charge < -0.3 is 10.6 Å². The largest absolute Gasteiger partial charge is 0.316 e. The van der Waals surface area contributed by atoms with Crippen LogP contribution in [0.1, 0.15) is 24.0 Å². The van der Waals surface area contributed by atoms with Crippen molar-refractivity contribution < 1.29 is 4.79 Å². The Kier molecular flexibility index (Phi) is 6.13. The molecule has 2 aromatic carbocycles. The molecule has 7 nitrogen and oxygen atoms in total. The van der Waals surface area contributed by atoms with E-state index in [2.05, 4.69) is 33.0 Å². The Morgan fingerprint density at radius 2 is 2.03 bits per heavy atom. The van der Waals surface area contributed by atoms with E-state index in [1.165, 1.54) is 0 Å². The number of amides is 1. The highest BCUT2D eigenvalue weighted by atomic mass is 35.5. The van der Waals surface area contributed by atoms with Gasteiger partial charge in [-0.15, -0.1) is 12.4 Å². The van der Waals surface area contributed by atoms with Crippen molar-refractivity contribution in [3.8, 4) is 23.3 Å². The summed E-state index contributed by atoms with van der Waals surface area (Å²) in [4.78, 5) is 12.6. The molecule has 0 aliphatic carbocycles. The fourth-order valence-electron chi connectivity index (χ4n) is 3.52. The Morgan fingerprint density at radius 3 is 2.76 bits per heavy atom. The van der Waals surface area contributed by atoms with Crippen LogP contribution in [-0.2, 0) is 4.79 Å². The number of halogens is 1. The molecule has 1 atom stereocenters. The first-order valence-corrected chi connectivity index (χ1v) is 9.14. The number of hydrogen-bond acceptors (Lipinski definition) is 5. The first kappa shape index (κ1) is 20.3. The topological polar surface area (TPSA) is 117 Å². The van der Waals surface area contributed by atoms with Crippen LogP contribution < -0.4 is 10.6 Å². The number of carbonyl (C=O) groups is 1. The number of piperidine rings is 1. The molecule has 2 heterocycles. The van der Waals surface area contributed by atoms with Gasteiger partial charge in [0.2, 0.25) is 5.91 Å². The zero-order chi connectivity index (χ0) is 19.5. The van der Waals surface area contributed by atoms with Crippen molar-refractivity contribution in [3.63, 3.8) is 0 Å². The first-order chi connectivity index (χ1) is 13.7. The summed E-state index contributed by atoms with van der Waals surface area (Å²) in [6.07, 6.45) is 1.84. The van der Waals surface area contributed by atoms with E-state index in [1.807, 2.05) is 18.2 Å². The Hall–Kier alpha value is -3.39. The summed E-state index contributed by atoms with van der Waals surface area (Å²) < 4.78 is 0. The quantitative estimate of drug-likeness (QED) is 0.616. The molecule has 0 bridgehead atoms. The van der Waals surface area contributed by atoms with Crippen molar-refractivity contribution in [2.24, 2.45) is 5.92 Å². The predicted molar refractivity (Wildman–Crippen MR) is 112 cm³/mol. The highest BCUT2D eigenvalue weighted by Gasteiger charge is 2.22. The minimum absolute atomic E-state index is 0. The van der Waals surface area contributed by atoms with Crippen molar-refractivity contribution in [1.82, 2.24) is 15.5 Å². The van der Waals surface area contributed by atoms with E-state index in [4.69, 9.17) is 0 Å². The molecule has 3 aromatic rings. The zero-order valence-electron chi connectivity index (χ0n) is 15.5. The van der Waals surface area contributed by atoms with Gasteiger partial charge in [0.25, 0.3) is 0 Å². The third-order valence-electron chi connectivity index (χ3n) is 5.05. The molecule has 4 rings (SSSR count). The van der Waals surface area contributed by atoms with Gasteiger partial charge in [0, 0.05) is 17.5 Å². The Labute approximate surface area is 174 Å². The summed E-state index contributed by atoms with van der Waals surface area (Å²) in [5.41, 5.74) is 3.23. The van der Waals surface area contributed by atoms with E-state index < -0.39 is 0 Å². The highest BCUT2D eigenvalue weighted by molar-refractivity contribution is 6.02. The van der Waals surface area contributed by atoms with Crippen LogP contribution in [0.2, 0.25) is 0 Å². The Balaban J connectivity index is 0.00000240. The number of nitriles is 2. The number of aromatic nitrogens is 2. The third-order valence-corrected chi connectivity index (χ3v) is 5.05. The second-order valence-corrected chi connectivity index (χ2v) is 6.85. The molecular weight excluding hydrogens is 388 g/mol. The lowest BCUT2D eigenvalue weighted by atomic mass is 9.97. The maximum Gasteiger partial charge on any atom is 0.229 e. The average Bonchev–Trinajstić information content (AvgIpc) is 3.15. The van der Waals surface area contributed by atoms with E-state index in [1.54, 1.807) is 18.2 Å². The predicted octanol–water partition coefficient (Wildman–Crippen LogP) is 3.33. The van der Waals surface area contributed by atoms with E-state index in [9.17, 15) is 15.3 Å². The van der Waals surface area contributed by atoms with Gasteiger partial charge in [0.1, 0.15) is 0 Å². The van der Waals surface area contributed by atoms with Gasteiger partial charge in [-0.1, -0.05) is 6.07 Å². The lowest BCUT2D eigenvalue weighted by Crippen LogP contribution is -2.37. The van der Waals surface area contributed by atoms with Crippen LogP contribution in [0, 0.1) is 28.6 Å². The van der Waals surface area contributed by atoms with Gasteiger partial charge in [-0.05, 0) is 55.3 Å². The van der Waals surface area contributed by atoms with Crippen LogP contribution in [-0.4, -0.2) is 29.2 Å². The summed E-state index contributed by atoms with van der Waals surface area (Å²) in [5.74, 6) is 0.360.